The molecule has 0 aromatic rings. The van der Waals surface area contributed by atoms with Crippen LogP contribution in [0.15, 0.2) is 12.2 Å². The molecule has 0 amide bonds. The molecule has 0 aromatic carbocycles. The Balaban J connectivity index is 4.49. The molecular formula is C12H24NO5S+. The Morgan fingerprint density at radius 3 is 2.21 bits per heavy atom. The van der Waals surface area contributed by atoms with Gasteiger partial charge in [-0.2, -0.15) is 8.42 Å². The molecule has 0 spiro atoms. The summed E-state index contributed by atoms with van der Waals surface area (Å²) in [6.45, 7) is 11.1. The summed E-state index contributed by atoms with van der Waals surface area (Å²) in [6.07, 6.45) is 0.325. The SMILES string of the molecule is C=C(C)C(=O)OC[N+](CC)(CC)CCCS(=O)(=O)O. The lowest BCUT2D eigenvalue weighted by Crippen LogP contribution is -2.50. The molecule has 19 heavy (non-hydrogen) atoms. The van der Waals surface area contributed by atoms with Crippen LogP contribution < -0.4 is 0 Å². The summed E-state index contributed by atoms with van der Waals surface area (Å²) in [5.41, 5.74) is 0.336. The third-order valence-electron chi connectivity index (χ3n) is 3.19. The maximum atomic E-state index is 11.4. The van der Waals surface area contributed by atoms with Gasteiger partial charge in [0.2, 0.25) is 6.73 Å². The fourth-order valence-corrected chi connectivity index (χ4v) is 2.18. The van der Waals surface area contributed by atoms with E-state index in [9.17, 15) is 13.2 Å². The fourth-order valence-electron chi connectivity index (χ4n) is 1.69. The van der Waals surface area contributed by atoms with E-state index in [1.54, 1.807) is 6.92 Å². The van der Waals surface area contributed by atoms with Crippen LogP contribution in [0.25, 0.3) is 0 Å². The molecule has 0 aliphatic rings. The summed E-state index contributed by atoms with van der Waals surface area (Å²) in [7, 11) is -3.94. The molecule has 0 heterocycles. The molecule has 0 aromatic heterocycles. The average molecular weight is 294 g/mol. The second-order valence-corrected chi connectivity index (χ2v) is 6.25. The Bertz CT molecular complexity index is 412. The second-order valence-electron chi connectivity index (χ2n) is 4.68. The van der Waals surface area contributed by atoms with E-state index in [2.05, 4.69) is 6.58 Å². The molecule has 0 rings (SSSR count). The number of hydrogen-bond acceptors (Lipinski definition) is 4. The van der Waals surface area contributed by atoms with E-state index in [0.717, 1.165) is 0 Å². The van der Waals surface area contributed by atoms with Gasteiger partial charge in [-0.1, -0.05) is 6.58 Å². The third kappa shape index (κ3) is 7.29. The number of hydrogen-bond donors (Lipinski definition) is 1. The highest BCUT2D eigenvalue weighted by Crippen LogP contribution is 2.10. The molecule has 0 atom stereocenters. The van der Waals surface area contributed by atoms with Gasteiger partial charge in [0.15, 0.2) is 0 Å². The van der Waals surface area contributed by atoms with Crippen molar-refractivity contribution in [2.24, 2.45) is 0 Å². The van der Waals surface area contributed by atoms with Gasteiger partial charge in [0.25, 0.3) is 10.1 Å². The normalized spacial score (nSPS) is 12.2. The van der Waals surface area contributed by atoms with Crippen molar-refractivity contribution in [1.82, 2.24) is 0 Å². The molecule has 0 saturated carbocycles. The number of ether oxygens (including phenoxy) is 1. The first-order chi connectivity index (χ1) is 8.66. The van der Waals surface area contributed by atoms with Crippen molar-refractivity contribution in [1.29, 1.82) is 0 Å². The van der Waals surface area contributed by atoms with Crippen LogP contribution in [0.2, 0.25) is 0 Å². The average Bonchev–Trinajstić information content (AvgIpc) is 2.31. The predicted octanol–water partition coefficient (Wildman–Crippen LogP) is 1.20. The van der Waals surface area contributed by atoms with Crippen molar-refractivity contribution in [2.45, 2.75) is 27.2 Å². The summed E-state index contributed by atoms with van der Waals surface area (Å²) < 4.78 is 35.7. The standard InChI is InChI=1S/C12H23NO5S/c1-5-13(6-2,8-7-9-19(15,16)17)10-18-12(14)11(3)4/h3,5-10H2,1-2,4H3/p+1. The molecule has 0 radical (unpaired) electrons. The van der Waals surface area contributed by atoms with Crippen LogP contribution in [0.5, 0.6) is 0 Å². The molecule has 0 aliphatic heterocycles. The summed E-state index contributed by atoms with van der Waals surface area (Å²) in [5.74, 6) is -0.722. The Morgan fingerprint density at radius 1 is 1.32 bits per heavy atom. The Hall–Kier alpha value is -0.920. The highest BCUT2D eigenvalue weighted by Gasteiger charge is 2.25. The van der Waals surface area contributed by atoms with Gasteiger partial charge in [0, 0.05) is 12.0 Å². The molecule has 0 saturated heterocycles. The minimum Gasteiger partial charge on any atom is -0.412 e. The van der Waals surface area contributed by atoms with E-state index in [-0.39, 0.29) is 12.5 Å². The van der Waals surface area contributed by atoms with Crippen LogP contribution in [0, 0.1) is 0 Å². The van der Waals surface area contributed by atoms with Gasteiger partial charge in [-0.05, 0) is 20.8 Å². The summed E-state index contributed by atoms with van der Waals surface area (Å²) in [4.78, 5) is 11.4. The fraction of sp³-hybridized carbons (Fsp3) is 0.750. The van der Waals surface area contributed by atoms with E-state index >= 15 is 0 Å². The Labute approximate surface area is 115 Å². The smallest absolute Gasteiger partial charge is 0.337 e. The predicted molar refractivity (Wildman–Crippen MR) is 73.0 cm³/mol. The maximum absolute atomic E-state index is 11.4. The molecule has 0 fully saturated rings. The number of carbonyl (C=O) groups is 1. The van der Waals surface area contributed by atoms with Crippen molar-refractivity contribution in [3.8, 4) is 0 Å². The van der Waals surface area contributed by atoms with Gasteiger partial charge in [-0.15, -0.1) is 0 Å². The van der Waals surface area contributed by atoms with Crippen molar-refractivity contribution in [2.75, 3.05) is 32.1 Å². The molecule has 0 bridgehead atoms. The lowest BCUT2D eigenvalue weighted by atomic mass is 10.3. The van der Waals surface area contributed by atoms with E-state index in [0.29, 0.717) is 36.1 Å². The first kappa shape index (κ1) is 18.1. The Kier molecular flexibility index (Phi) is 7.25. The quantitative estimate of drug-likeness (QED) is 0.227. The van der Waals surface area contributed by atoms with Crippen LogP contribution in [-0.2, 0) is 19.6 Å². The van der Waals surface area contributed by atoms with Crippen LogP contribution in [-0.4, -0.2) is 55.5 Å². The zero-order valence-electron chi connectivity index (χ0n) is 11.9. The molecular weight excluding hydrogens is 270 g/mol. The maximum Gasteiger partial charge on any atom is 0.337 e. The number of quaternary nitrogens is 1. The van der Waals surface area contributed by atoms with E-state index in [1.165, 1.54) is 0 Å². The van der Waals surface area contributed by atoms with E-state index < -0.39 is 16.1 Å². The largest absolute Gasteiger partial charge is 0.412 e. The van der Waals surface area contributed by atoms with Gasteiger partial charge < -0.3 is 4.74 Å². The Morgan fingerprint density at radius 2 is 1.84 bits per heavy atom. The third-order valence-corrected chi connectivity index (χ3v) is 4.00. The minimum absolute atomic E-state index is 0.185. The minimum atomic E-state index is -3.94. The van der Waals surface area contributed by atoms with E-state index in [1.807, 2.05) is 13.8 Å². The van der Waals surface area contributed by atoms with Gasteiger partial charge in [0.05, 0.1) is 25.4 Å². The van der Waals surface area contributed by atoms with Crippen molar-refractivity contribution >= 4 is 16.1 Å². The molecule has 7 heteroatoms. The highest BCUT2D eigenvalue weighted by molar-refractivity contribution is 7.85. The van der Waals surface area contributed by atoms with Gasteiger partial charge in [-0.25, -0.2) is 4.79 Å². The van der Waals surface area contributed by atoms with Crippen molar-refractivity contribution in [3.63, 3.8) is 0 Å². The van der Waals surface area contributed by atoms with Crippen molar-refractivity contribution in [3.05, 3.63) is 12.2 Å². The molecule has 6 nitrogen and oxygen atoms in total. The number of rotatable bonds is 9. The summed E-state index contributed by atoms with van der Waals surface area (Å²) in [5, 5.41) is 0. The van der Waals surface area contributed by atoms with Crippen LogP contribution in [0.1, 0.15) is 27.2 Å². The van der Waals surface area contributed by atoms with Gasteiger partial charge in [-0.3, -0.25) is 9.04 Å². The first-order valence-corrected chi connectivity index (χ1v) is 7.89. The van der Waals surface area contributed by atoms with Gasteiger partial charge in [0.1, 0.15) is 0 Å². The zero-order chi connectivity index (χ0) is 15.1. The topological polar surface area (TPSA) is 80.7 Å². The number of nitrogens with zero attached hydrogens (tertiary/aromatic N) is 1. The van der Waals surface area contributed by atoms with Crippen LogP contribution in [0.4, 0.5) is 0 Å². The summed E-state index contributed by atoms with van der Waals surface area (Å²) >= 11 is 0. The molecule has 1 N–H and O–H groups in total. The second kappa shape index (κ2) is 7.62. The summed E-state index contributed by atoms with van der Waals surface area (Å²) in [6, 6.07) is 0. The first-order valence-electron chi connectivity index (χ1n) is 6.28. The van der Waals surface area contributed by atoms with E-state index in [4.69, 9.17) is 9.29 Å². The van der Waals surface area contributed by atoms with Crippen LogP contribution in [0.3, 0.4) is 0 Å². The number of esters is 1. The highest BCUT2D eigenvalue weighted by atomic mass is 32.2. The zero-order valence-corrected chi connectivity index (χ0v) is 12.7. The molecule has 112 valence electrons. The molecule has 0 aliphatic carbocycles. The van der Waals surface area contributed by atoms with Crippen molar-refractivity contribution < 1.29 is 27.0 Å². The lowest BCUT2D eigenvalue weighted by molar-refractivity contribution is -0.940. The molecule has 0 unspecified atom stereocenters. The lowest BCUT2D eigenvalue weighted by Gasteiger charge is -2.35. The van der Waals surface area contributed by atoms with Crippen LogP contribution >= 0.6 is 0 Å². The van der Waals surface area contributed by atoms with Gasteiger partial charge >= 0.3 is 5.97 Å². The number of carbonyl (C=O) groups excluding carboxylic acids is 1. The monoisotopic (exact) mass is 294 g/mol.